The summed E-state index contributed by atoms with van der Waals surface area (Å²) in [6.07, 6.45) is 1.10. The number of nitrogens with one attached hydrogen (secondary N) is 1. The molecule has 5 nitrogen and oxygen atoms in total. The van der Waals surface area contributed by atoms with Gasteiger partial charge in [-0.15, -0.1) is 0 Å². The second-order valence-corrected chi connectivity index (χ2v) is 3.68. The first kappa shape index (κ1) is 10.4. The SMILES string of the molecule is N=C(N)CN1CCC(O)(CO)CC1. The van der Waals surface area contributed by atoms with Gasteiger partial charge in [-0.3, -0.25) is 10.3 Å². The summed E-state index contributed by atoms with van der Waals surface area (Å²) in [6, 6.07) is 0. The number of nitrogens with zero attached hydrogens (tertiary/aromatic N) is 1. The molecule has 0 aromatic heterocycles. The number of hydrogen-bond acceptors (Lipinski definition) is 4. The molecule has 0 amide bonds. The number of nitrogens with two attached hydrogens (primary N) is 1. The summed E-state index contributed by atoms with van der Waals surface area (Å²) in [5, 5.41) is 25.7. The van der Waals surface area contributed by atoms with Crippen molar-refractivity contribution < 1.29 is 10.2 Å². The van der Waals surface area contributed by atoms with E-state index in [0.717, 1.165) is 0 Å². The first-order chi connectivity index (χ1) is 6.06. The van der Waals surface area contributed by atoms with Crippen LogP contribution in [0.1, 0.15) is 12.8 Å². The summed E-state index contributed by atoms with van der Waals surface area (Å²) in [5.41, 5.74) is 4.34. The summed E-state index contributed by atoms with van der Waals surface area (Å²) in [6.45, 7) is 1.66. The van der Waals surface area contributed by atoms with E-state index in [2.05, 4.69) is 0 Å². The first-order valence-electron chi connectivity index (χ1n) is 4.44. The Bertz CT molecular complexity index is 188. The number of hydrogen-bond donors (Lipinski definition) is 4. The number of piperidine rings is 1. The Hall–Kier alpha value is -0.650. The predicted octanol–water partition coefficient (Wildman–Crippen LogP) is -1.26. The van der Waals surface area contributed by atoms with Crippen LogP contribution in [0.4, 0.5) is 0 Å². The van der Waals surface area contributed by atoms with Crippen molar-refractivity contribution >= 4 is 5.84 Å². The van der Waals surface area contributed by atoms with Gasteiger partial charge in [0.2, 0.25) is 0 Å². The highest BCUT2D eigenvalue weighted by molar-refractivity contribution is 5.78. The van der Waals surface area contributed by atoms with Crippen LogP contribution in [0.2, 0.25) is 0 Å². The average molecular weight is 187 g/mol. The number of likely N-dealkylation sites (tertiary alicyclic amines) is 1. The largest absolute Gasteiger partial charge is 0.393 e. The molecule has 1 rings (SSSR count). The van der Waals surface area contributed by atoms with Crippen LogP contribution in [0, 0.1) is 5.41 Å². The van der Waals surface area contributed by atoms with Gasteiger partial charge in [0.05, 0.1) is 18.8 Å². The molecular formula is C8H17N3O2. The zero-order valence-electron chi connectivity index (χ0n) is 7.66. The van der Waals surface area contributed by atoms with Crippen LogP contribution < -0.4 is 5.73 Å². The lowest BCUT2D eigenvalue weighted by atomic mass is 9.92. The molecule has 0 bridgehead atoms. The van der Waals surface area contributed by atoms with Crippen molar-refractivity contribution in [3.8, 4) is 0 Å². The third kappa shape index (κ3) is 2.95. The molecule has 0 aromatic rings. The van der Waals surface area contributed by atoms with Gasteiger partial charge in [0, 0.05) is 13.1 Å². The van der Waals surface area contributed by atoms with Crippen molar-refractivity contribution in [3.05, 3.63) is 0 Å². The third-order valence-corrected chi connectivity index (χ3v) is 2.48. The van der Waals surface area contributed by atoms with Crippen LogP contribution in [-0.4, -0.2) is 52.8 Å². The lowest BCUT2D eigenvalue weighted by molar-refractivity contribution is -0.0571. The van der Waals surface area contributed by atoms with Crippen molar-refractivity contribution in [1.29, 1.82) is 5.41 Å². The third-order valence-electron chi connectivity index (χ3n) is 2.48. The molecule has 1 fully saturated rings. The van der Waals surface area contributed by atoms with Crippen LogP contribution in [-0.2, 0) is 0 Å². The minimum atomic E-state index is -0.909. The van der Waals surface area contributed by atoms with E-state index in [-0.39, 0.29) is 12.4 Å². The smallest absolute Gasteiger partial charge is 0.105 e. The minimum Gasteiger partial charge on any atom is -0.393 e. The molecular weight excluding hydrogens is 170 g/mol. The fourth-order valence-electron chi connectivity index (χ4n) is 1.53. The Labute approximate surface area is 77.7 Å². The van der Waals surface area contributed by atoms with E-state index >= 15 is 0 Å². The fourth-order valence-corrected chi connectivity index (χ4v) is 1.53. The lowest BCUT2D eigenvalue weighted by Gasteiger charge is -2.36. The molecule has 1 aliphatic heterocycles. The van der Waals surface area contributed by atoms with Gasteiger partial charge in [-0.2, -0.15) is 0 Å². The normalized spacial score (nSPS) is 22.9. The van der Waals surface area contributed by atoms with Gasteiger partial charge in [0.1, 0.15) is 5.84 Å². The maximum Gasteiger partial charge on any atom is 0.105 e. The predicted molar refractivity (Wildman–Crippen MR) is 49.6 cm³/mol. The van der Waals surface area contributed by atoms with Crippen LogP contribution in [0.5, 0.6) is 0 Å². The second-order valence-electron chi connectivity index (χ2n) is 3.68. The van der Waals surface area contributed by atoms with Gasteiger partial charge < -0.3 is 15.9 Å². The van der Waals surface area contributed by atoms with Gasteiger partial charge in [-0.1, -0.05) is 0 Å². The van der Waals surface area contributed by atoms with E-state index in [0.29, 0.717) is 32.5 Å². The highest BCUT2D eigenvalue weighted by atomic mass is 16.3. The van der Waals surface area contributed by atoms with Gasteiger partial charge in [-0.25, -0.2) is 0 Å². The standard InChI is InChI=1S/C8H17N3O2/c9-7(10)5-11-3-1-8(13,6-12)2-4-11/h12-13H,1-6H2,(H3,9,10). The molecule has 0 atom stereocenters. The van der Waals surface area contributed by atoms with Crippen molar-refractivity contribution in [2.45, 2.75) is 18.4 Å². The highest BCUT2D eigenvalue weighted by Gasteiger charge is 2.31. The molecule has 0 aromatic carbocycles. The fraction of sp³-hybridized carbons (Fsp3) is 0.875. The molecule has 5 heteroatoms. The Balaban J connectivity index is 2.34. The van der Waals surface area contributed by atoms with E-state index in [4.69, 9.17) is 16.2 Å². The molecule has 0 unspecified atom stereocenters. The van der Waals surface area contributed by atoms with Crippen LogP contribution >= 0.6 is 0 Å². The van der Waals surface area contributed by atoms with Crippen LogP contribution in [0.15, 0.2) is 0 Å². The van der Waals surface area contributed by atoms with Crippen molar-refractivity contribution in [3.63, 3.8) is 0 Å². The zero-order valence-corrected chi connectivity index (χ0v) is 7.66. The minimum absolute atomic E-state index is 0.148. The molecule has 0 saturated carbocycles. The molecule has 1 heterocycles. The molecule has 76 valence electrons. The van der Waals surface area contributed by atoms with Crippen LogP contribution in [0.25, 0.3) is 0 Å². The molecule has 13 heavy (non-hydrogen) atoms. The molecule has 5 N–H and O–H groups in total. The number of aliphatic hydroxyl groups excluding tert-OH is 1. The maximum atomic E-state index is 9.67. The Morgan fingerprint density at radius 3 is 2.38 bits per heavy atom. The topological polar surface area (TPSA) is 93.6 Å². The summed E-state index contributed by atoms with van der Waals surface area (Å²) >= 11 is 0. The van der Waals surface area contributed by atoms with E-state index in [1.54, 1.807) is 0 Å². The first-order valence-corrected chi connectivity index (χ1v) is 4.44. The highest BCUT2D eigenvalue weighted by Crippen LogP contribution is 2.20. The summed E-state index contributed by atoms with van der Waals surface area (Å²) in [4.78, 5) is 2.01. The number of aliphatic hydroxyl groups is 2. The quantitative estimate of drug-likeness (QED) is 0.328. The number of amidine groups is 1. The summed E-state index contributed by atoms with van der Waals surface area (Å²) in [7, 11) is 0. The Morgan fingerprint density at radius 1 is 1.46 bits per heavy atom. The summed E-state index contributed by atoms with van der Waals surface area (Å²) in [5.74, 6) is 0.148. The molecule has 0 radical (unpaired) electrons. The lowest BCUT2D eigenvalue weighted by Crippen LogP contribution is -2.48. The van der Waals surface area contributed by atoms with E-state index in [1.165, 1.54) is 0 Å². The van der Waals surface area contributed by atoms with Crippen molar-refractivity contribution in [1.82, 2.24) is 4.90 Å². The maximum absolute atomic E-state index is 9.67. The average Bonchev–Trinajstić information content (AvgIpc) is 2.09. The van der Waals surface area contributed by atoms with Crippen LogP contribution in [0.3, 0.4) is 0 Å². The van der Waals surface area contributed by atoms with E-state index in [1.807, 2.05) is 4.90 Å². The van der Waals surface area contributed by atoms with Gasteiger partial charge in [0.25, 0.3) is 0 Å². The monoisotopic (exact) mass is 187 g/mol. The van der Waals surface area contributed by atoms with E-state index in [9.17, 15) is 5.11 Å². The molecule has 1 saturated heterocycles. The molecule has 0 spiro atoms. The number of rotatable bonds is 3. The van der Waals surface area contributed by atoms with Crippen molar-refractivity contribution in [2.24, 2.45) is 5.73 Å². The molecule has 1 aliphatic rings. The van der Waals surface area contributed by atoms with Crippen molar-refractivity contribution in [2.75, 3.05) is 26.2 Å². The van der Waals surface area contributed by atoms with E-state index < -0.39 is 5.60 Å². The Kier molecular flexibility index (Phi) is 3.24. The Morgan fingerprint density at radius 2 is 2.00 bits per heavy atom. The second kappa shape index (κ2) is 4.04. The van der Waals surface area contributed by atoms with Gasteiger partial charge in [-0.05, 0) is 12.8 Å². The zero-order chi connectivity index (χ0) is 9.90. The van der Waals surface area contributed by atoms with Gasteiger partial charge >= 0.3 is 0 Å². The van der Waals surface area contributed by atoms with Gasteiger partial charge in [0.15, 0.2) is 0 Å². The molecule has 0 aliphatic carbocycles. The summed E-state index contributed by atoms with van der Waals surface area (Å²) < 4.78 is 0.